The molecule has 1 heterocycles. The van der Waals surface area contributed by atoms with Gasteiger partial charge in [-0.05, 0) is 41.7 Å². The van der Waals surface area contributed by atoms with Gasteiger partial charge in [0.25, 0.3) is 5.91 Å². The minimum Gasteiger partial charge on any atom is -0.394 e. The number of hydroxylamine groups is 1. The van der Waals surface area contributed by atoms with Crippen LogP contribution in [0.5, 0.6) is 0 Å². The maximum Gasteiger partial charge on any atom is 0.277 e. The van der Waals surface area contributed by atoms with Crippen molar-refractivity contribution in [2.75, 3.05) is 18.5 Å². The summed E-state index contributed by atoms with van der Waals surface area (Å²) in [6.07, 6.45) is 0.651. The lowest BCUT2D eigenvalue weighted by molar-refractivity contribution is 0.0169. The van der Waals surface area contributed by atoms with E-state index in [2.05, 4.69) is 20.4 Å². The van der Waals surface area contributed by atoms with Crippen molar-refractivity contribution < 1.29 is 23.5 Å². The Labute approximate surface area is 157 Å². The van der Waals surface area contributed by atoms with E-state index in [0.29, 0.717) is 11.1 Å². The number of carbonyl (C=O) groups is 1. The Bertz CT molecular complexity index is 980. The van der Waals surface area contributed by atoms with Gasteiger partial charge in [0, 0.05) is 0 Å². The number of aliphatic hydroxyl groups is 1. The molecule has 0 bridgehead atoms. The minimum atomic E-state index is -0.826. The number of halogens is 2. The molecular weight excluding hydrogens is 378 g/mol. The highest BCUT2D eigenvalue weighted by molar-refractivity contribution is 7.13. The molecule has 0 fully saturated rings. The Morgan fingerprint density at radius 2 is 2.15 bits per heavy atom. The monoisotopic (exact) mass is 394 g/mol. The molecule has 2 aromatic carbocycles. The number of aryl methyl sites for hydroxylation is 1. The summed E-state index contributed by atoms with van der Waals surface area (Å²) in [7, 11) is 0. The summed E-state index contributed by atoms with van der Waals surface area (Å²) in [5.74, 6) is -2.16. The fourth-order valence-electron chi connectivity index (χ4n) is 2.42. The van der Waals surface area contributed by atoms with E-state index in [1.54, 1.807) is 6.07 Å². The van der Waals surface area contributed by atoms with E-state index in [0.717, 1.165) is 17.1 Å². The van der Waals surface area contributed by atoms with Gasteiger partial charge in [0.1, 0.15) is 11.3 Å². The SMILES string of the molecule is CCc1ccc(Nc2c(C(=O)NOCCO)cc3snnc3c2F)c(F)c1. The van der Waals surface area contributed by atoms with Crippen molar-refractivity contribution in [2.24, 2.45) is 0 Å². The van der Waals surface area contributed by atoms with E-state index in [1.165, 1.54) is 18.2 Å². The number of amides is 1. The highest BCUT2D eigenvalue weighted by Gasteiger charge is 2.22. The maximum atomic E-state index is 14.9. The quantitative estimate of drug-likeness (QED) is 0.421. The number of nitrogens with one attached hydrogen (secondary N) is 2. The molecule has 0 spiro atoms. The molecule has 0 aliphatic carbocycles. The van der Waals surface area contributed by atoms with Gasteiger partial charge < -0.3 is 10.4 Å². The zero-order valence-electron chi connectivity index (χ0n) is 14.3. The van der Waals surface area contributed by atoms with Gasteiger partial charge in [0.2, 0.25) is 0 Å². The van der Waals surface area contributed by atoms with Crippen LogP contribution in [0.1, 0.15) is 22.8 Å². The summed E-state index contributed by atoms with van der Waals surface area (Å²) in [6.45, 7) is 1.46. The Balaban J connectivity index is 2.02. The highest BCUT2D eigenvalue weighted by atomic mass is 32.1. The molecule has 3 aromatic rings. The second-order valence-corrected chi connectivity index (χ2v) is 6.31. The molecule has 3 N–H and O–H groups in total. The molecule has 0 saturated carbocycles. The molecule has 0 aliphatic rings. The molecule has 10 heteroatoms. The fourth-order valence-corrected chi connectivity index (χ4v) is 3.02. The number of rotatable bonds is 7. The molecule has 3 rings (SSSR count). The molecule has 1 amide bonds. The summed E-state index contributed by atoms with van der Waals surface area (Å²) in [4.78, 5) is 17.2. The Morgan fingerprint density at radius 3 is 2.85 bits per heavy atom. The van der Waals surface area contributed by atoms with Gasteiger partial charge in [-0.2, -0.15) is 0 Å². The molecule has 1 aromatic heterocycles. The van der Waals surface area contributed by atoms with E-state index < -0.39 is 17.5 Å². The first-order valence-corrected chi connectivity index (χ1v) is 8.85. The Morgan fingerprint density at radius 1 is 1.33 bits per heavy atom. The van der Waals surface area contributed by atoms with E-state index in [1.807, 2.05) is 6.92 Å². The molecule has 0 saturated heterocycles. The predicted molar refractivity (Wildman–Crippen MR) is 96.9 cm³/mol. The average molecular weight is 394 g/mol. The number of hydrogen-bond donors (Lipinski definition) is 3. The first kappa shape index (κ1) is 19.1. The number of nitrogens with zero attached hydrogens (tertiary/aromatic N) is 2. The van der Waals surface area contributed by atoms with Crippen LogP contribution >= 0.6 is 11.5 Å². The summed E-state index contributed by atoms with van der Waals surface area (Å²) >= 11 is 0.921. The highest BCUT2D eigenvalue weighted by Crippen LogP contribution is 2.32. The summed E-state index contributed by atoms with van der Waals surface area (Å²) in [5.41, 5.74) is 2.52. The lowest BCUT2D eigenvalue weighted by Gasteiger charge is -2.14. The van der Waals surface area contributed by atoms with E-state index >= 15 is 0 Å². The summed E-state index contributed by atoms with van der Waals surface area (Å²) < 4.78 is 33.3. The van der Waals surface area contributed by atoms with Crippen molar-refractivity contribution in [3.8, 4) is 0 Å². The molecule has 7 nitrogen and oxygen atoms in total. The molecule has 0 unspecified atom stereocenters. The second kappa shape index (κ2) is 8.33. The molecule has 142 valence electrons. The van der Waals surface area contributed by atoms with Crippen molar-refractivity contribution in [1.29, 1.82) is 0 Å². The molecular formula is C17H16F2N4O3S. The van der Waals surface area contributed by atoms with Crippen molar-refractivity contribution in [2.45, 2.75) is 13.3 Å². The number of aliphatic hydroxyl groups excluding tert-OH is 1. The molecule has 0 atom stereocenters. The summed E-state index contributed by atoms with van der Waals surface area (Å²) in [5, 5.41) is 15.1. The topological polar surface area (TPSA) is 96.4 Å². The van der Waals surface area contributed by atoms with Crippen molar-refractivity contribution in [3.05, 3.63) is 47.0 Å². The molecule has 0 radical (unpaired) electrons. The Hall–Kier alpha value is -2.69. The van der Waals surface area contributed by atoms with Crippen LogP contribution in [0.15, 0.2) is 24.3 Å². The first-order chi connectivity index (χ1) is 13.0. The predicted octanol–water partition coefficient (Wildman–Crippen LogP) is 2.93. The molecule has 27 heavy (non-hydrogen) atoms. The maximum absolute atomic E-state index is 14.9. The second-order valence-electron chi connectivity index (χ2n) is 5.53. The number of benzene rings is 2. The smallest absolute Gasteiger partial charge is 0.277 e. The zero-order valence-corrected chi connectivity index (χ0v) is 15.1. The van der Waals surface area contributed by atoms with Crippen molar-refractivity contribution >= 4 is 39.0 Å². The average Bonchev–Trinajstić information content (AvgIpc) is 3.14. The Kier molecular flexibility index (Phi) is 5.89. The van der Waals surface area contributed by atoms with Crippen molar-refractivity contribution in [3.63, 3.8) is 0 Å². The minimum absolute atomic E-state index is 0.0129. The number of fused-ring (bicyclic) bond motifs is 1. The van der Waals surface area contributed by atoms with Gasteiger partial charge in [-0.25, -0.2) is 14.3 Å². The first-order valence-electron chi connectivity index (χ1n) is 8.08. The van der Waals surface area contributed by atoms with E-state index in [-0.39, 0.29) is 35.7 Å². The van der Waals surface area contributed by atoms with Gasteiger partial charge in [0.05, 0.1) is 34.9 Å². The van der Waals surface area contributed by atoms with Crippen LogP contribution in [0.4, 0.5) is 20.2 Å². The van der Waals surface area contributed by atoms with Gasteiger partial charge in [-0.15, -0.1) is 5.10 Å². The van der Waals surface area contributed by atoms with Gasteiger partial charge in [-0.3, -0.25) is 9.63 Å². The third kappa shape index (κ3) is 4.02. The zero-order chi connectivity index (χ0) is 19.4. The van der Waals surface area contributed by atoms with Crippen LogP contribution in [0.2, 0.25) is 0 Å². The van der Waals surface area contributed by atoms with E-state index in [9.17, 15) is 13.6 Å². The van der Waals surface area contributed by atoms with Gasteiger partial charge in [0.15, 0.2) is 5.82 Å². The van der Waals surface area contributed by atoms with E-state index in [4.69, 9.17) is 9.94 Å². The number of anilines is 2. The lowest BCUT2D eigenvalue weighted by atomic mass is 10.1. The number of hydrogen-bond acceptors (Lipinski definition) is 7. The number of carbonyl (C=O) groups excluding carboxylic acids is 1. The van der Waals surface area contributed by atoms with Crippen LogP contribution in [-0.2, 0) is 11.3 Å². The normalized spacial score (nSPS) is 11.0. The largest absolute Gasteiger partial charge is 0.394 e. The van der Waals surface area contributed by atoms with Crippen LogP contribution in [0.25, 0.3) is 10.2 Å². The van der Waals surface area contributed by atoms with Crippen molar-refractivity contribution in [1.82, 2.24) is 15.1 Å². The van der Waals surface area contributed by atoms with Crippen LogP contribution < -0.4 is 10.8 Å². The van der Waals surface area contributed by atoms with Gasteiger partial charge in [-0.1, -0.05) is 17.5 Å². The standard InChI is InChI=1S/C17H16F2N4O3S/c1-2-9-3-4-12(11(18)7-9)20-15-10(17(25)22-26-6-5-24)8-13-16(14(15)19)21-23-27-13/h3-4,7-8,20,24H,2,5-6H2,1H3,(H,22,25). The summed E-state index contributed by atoms with van der Waals surface area (Å²) in [6, 6.07) is 5.91. The third-order valence-corrected chi connectivity index (χ3v) is 4.46. The fraction of sp³-hybridized carbons (Fsp3) is 0.235. The lowest BCUT2D eigenvalue weighted by Crippen LogP contribution is -2.26. The third-order valence-electron chi connectivity index (χ3n) is 3.79. The van der Waals surface area contributed by atoms with Crippen LogP contribution in [-0.4, -0.2) is 33.8 Å². The number of aromatic nitrogens is 2. The molecule has 0 aliphatic heterocycles. The van der Waals surface area contributed by atoms with Crippen LogP contribution in [0, 0.1) is 11.6 Å². The van der Waals surface area contributed by atoms with Gasteiger partial charge >= 0.3 is 0 Å². The van der Waals surface area contributed by atoms with Crippen LogP contribution in [0.3, 0.4) is 0 Å².